The number of rotatable bonds is 1. The Hall–Kier alpha value is -0.120. The van der Waals surface area contributed by atoms with Gasteiger partial charge in [0.05, 0.1) is 0 Å². The minimum absolute atomic E-state index is 0.159. The third-order valence-corrected chi connectivity index (χ3v) is 1.61. The van der Waals surface area contributed by atoms with Gasteiger partial charge < -0.3 is 0 Å². The van der Waals surface area contributed by atoms with Gasteiger partial charge in [-0.1, -0.05) is 30.3 Å². The molecule has 1 aromatic carbocycles. The van der Waals surface area contributed by atoms with E-state index in [1.54, 1.807) is 34.7 Å². The Morgan fingerprint density at radius 1 is 1.22 bits per heavy atom. The summed E-state index contributed by atoms with van der Waals surface area (Å²) in [6.45, 7) is 0. The average Bonchev–Trinajstić information content (AvgIpc) is 1.90. The van der Waals surface area contributed by atoms with E-state index in [1.165, 1.54) is 0 Å². The Labute approximate surface area is 67.2 Å². The molecule has 0 nitrogen and oxygen atoms in total. The first kappa shape index (κ1) is 6.99. The van der Waals surface area contributed by atoms with E-state index in [-0.39, 0.29) is 4.18 Å². The highest BCUT2D eigenvalue weighted by Gasteiger charge is 2.02. The van der Waals surface area contributed by atoms with Crippen molar-refractivity contribution in [1.29, 1.82) is 0 Å². The summed E-state index contributed by atoms with van der Waals surface area (Å²) in [4.78, 5) is 0. The minimum Gasteiger partial charge on any atom is -0.222 e. The van der Waals surface area contributed by atoms with Gasteiger partial charge >= 0.3 is 0 Å². The molecule has 0 spiro atoms. The highest BCUT2D eigenvalue weighted by atomic mass is 127. The molecule has 9 heavy (non-hydrogen) atoms. The first-order chi connectivity index (χ1) is 4.30. The van der Waals surface area contributed by atoms with E-state index in [4.69, 9.17) is 0 Å². The van der Waals surface area contributed by atoms with Crippen LogP contribution in [0.5, 0.6) is 0 Å². The van der Waals surface area contributed by atoms with Crippen molar-refractivity contribution in [2.45, 2.75) is 0 Å². The predicted molar refractivity (Wildman–Crippen MR) is 43.9 cm³/mol. The normalized spacial score (nSPS) is 10.1. The predicted octanol–water partition coefficient (Wildman–Crippen LogP) is 2.93. The summed E-state index contributed by atoms with van der Waals surface area (Å²) in [5.74, 6) is 0. The van der Waals surface area contributed by atoms with Crippen molar-refractivity contribution in [1.82, 2.24) is 0 Å². The molecule has 0 aliphatic carbocycles. The fourth-order valence-electron chi connectivity index (χ4n) is 0.564. The molecule has 0 unspecified atom stereocenters. The van der Waals surface area contributed by atoms with E-state index < -0.39 is 0 Å². The van der Waals surface area contributed by atoms with Gasteiger partial charge in [-0.3, -0.25) is 0 Å². The van der Waals surface area contributed by atoms with Crippen LogP contribution in [0.3, 0.4) is 0 Å². The Balaban J connectivity index is 2.85. The SMILES string of the molecule is F[C](I)c1ccccc1. The van der Waals surface area contributed by atoms with Crippen molar-refractivity contribution in [2.75, 3.05) is 0 Å². The summed E-state index contributed by atoms with van der Waals surface area (Å²) in [7, 11) is 0. The molecule has 0 saturated carbocycles. The summed E-state index contributed by atoms with van der Waals surface area (Å²) in [6, 6.07) is 8.97. The van der Waals surface area contributed by atoms with Crippen molar-refractivity contribution in [3.05, 3.63) is 40.1 Å². The van der Waals surface area contributed by atoms with E-state index in [0.29, 0.717) is 5.56 Å². The van der Waals surface area contributed by atoms with Gasteiger partial charge in [0.25, 0.3) is 0 Å². The van der Waals surface area contributed by atoms with Crippen molar-refractivity contribution in [3.8, 4) is 0 Å². The maximum Gasteiger partial charge on any atom is 0.233 e. The zero-order valence-electron chi connectivity index (χ0n) is 4.64. The van der Waals surface area contributed by atoms with Crippen LogP contribution in [0, 0.1) is 4.18 Å². The van der Waals surface area contributed by atoms with Crippen LogP contribution in [0.4, 0.5) is 4.39 Å². The molecule has 1 aromatic rings. The Morgan fingerprint density at radius 2 is 1.78 bits per heavy atom. The van der Waals surface area contributed by atoms with Crippen LogP contribution in [0.15, 0.2) is 30.3 Å². The first-order valence-corrected chi connectivity index (χ1v) is 3.62. The average molecular weight is 235 g/mol. The highest BCUT2D eigenvalue weighted by molar-refractivity contribution is 14.1. The molecule has 0 aliphatic rings. The van der Waals surface area contributed by atoms with Crippen molar-refractivity contribution >= 4 is 22.6 Å². The number of benzene rings is 1. The summed E-state index contributed by atoms with van der Waals surface area (Å²) in [5, 5.41) is 0. The van der Waals surface area contributed by atoms with Gasteiger partial charge in [-0.2, -0.15) is 0 Å². The zero-order chi connectivity index (χ0) is 6.69. The van der Waals surface area contributed by atoms with Gasteiger partial charge in [-0.15, -0.1) is 0 Å². The zero-order valence-corrected chi connectivity index (χ0v) is 6.80. The van der Waals surface area contributed by atoms with Gasteiger partial charge in [0.15, 0.2) is 0 Å². The Morgan fingerprint density at radius 3 is 2.11 bits per heavy atom. The van der Waals surface area contributed by atoms with Crippen LogP contribution in [0.25, 0.3) is 0 Å². The largest absolute Gasteiger partial charge is 0.233 e. The molecule has 0 heterocycles. The van der Waals surface area contributed by atoms with Gasteiger partial charge in [-0.25, -0.2) is 4.39 Å². The smallest absolute Gasteiger partial charge is 0.222 e. The lowest BCUT2D eigenvalue weighted by Gasteiger charge is -1.94. The molecule has 0 aromatic heterocycles. The monoisotopic (exact) mass is 235 g/mol. The molecule has 0 amide bonds. The number of halogens is 2. The Bertz CT molecular complexity index is 172. The van der Waals surface area contributed by atoms with E-state index in [9.17, 15) is 4.39 Å². The van der Waals surface area contributed by atoms with Crippen LogP contribution in [0.1, 0.15) is 5.56 Å². The molecule has 0 N–H and O–H groups in total. The van der Waals surface area contributed by atoms with E-state index in [1.807, 2.05) is 18.2 Å². The summed E-state index contributed by atoms with van der Waals surface area (Å²) >= 11 is 1.66. The second kappa shape index (κ2) is 3.15. The lowest BCUT2D eigenvalue weighted by atomic mass is 10.2. The molecule has 1 rings (SSSR count). The van der Waals surface area contributed by atoms with Crippen LogP contribution in [-0.4, -0.2) is 0 Å². The van der Waals surface area contributed by atoms with Gasteiger partial charge in [-0.05, 0) is 22.6 Å². The van der Waals surface area contributed by atoms with Crippen LogP contribution in [-0.2, 0) is 0 Å². The molecule has 47 valence electrons. The minimum atomic E-state index is -0.159. The molecule has 0 atom stereocenters. The van der Waals surface area contributed by atoms with Crippen molar-refractivity contribution < 1.29 is 4.39 Å². The second-order valence-electron chi connectivity index (χ2n) is 1.63. The fourth-order valence-corrected chi connectivity index (χ4v) is 0.924. The maximum atomic E-state index is 12.3. The van der Waals surface area contributed by atoms with Crippen LogP contribution >= 0.6 is 22.6 Å². The van der Waals surface area contributed by atoms with Gasteiger partial charge in [0, 0.05) is 5.56 Å². The Kier molecular flexibility index (Phi) is 2.45. The lowest BCUT2D eigenvalue weighted by Crippen LogP contribution is -1.78. The molecule has 2 heteroatoms. The third-order valence-electron chi connectivity index (χ3n) is 0.992. The molecule has 0 fully saturated rings. The number of hydrogen-bond donors (Lipinski definition) is 0. The molecule has 0 aliphatic heterocycles. The summed E-state index contributed by atoms with van der Waals surface area (Å²) in [5.41, 5.74) is 0.651. The van der Waals surface area contributed by atoms with Crippen LogP contribution < -0.4 is 0 Å². The van der Waals surface area contributed by atoms with E-state index >= 15 is 0 Å². The second-order valence-corrected chi connectivity index (χ2v) is 2.57. The molecule has 0 bridgehead atoms. The van der Waals surface area contributed by atoms with Gasteiger partial charge in [0.1, 0.15) is 0 Å². The number of hydrogen-bond acceptors (Lipinski definition) is 0. The topological polar surface area (TPSA) is 0 Å². The molecular formula is C7H5FI. The van der Waals surface area contributed by atoms with E-state index in [2.05, 4.69) is 0 Å². The summed E-state index contributed by atoms with van der Waals surface area (Å²) in [6.07, 6.45) is 0. The van der Waals surface area contributed by atoms with Crippen LogP contribution in [0.2, 0.25) is 0 Å². The fraction of sp³-hybridized carbons (Fsp3) is 0. The van der Waals surface area contributed by atoms with Crippen molar-refractivity contribution in [3.63, 3.8) is 0 Å². The third kappa shape index (κ3) is 1.93. The standard InChI is InChI=1S/C7H5FI/c8-7(9)6-4-2-1-3-5-6/h1-5H. The molecule has 1 radical (unpaired) electrons. The van der Waals surface area contributed by atoms with E-state index in [0.717, 1.165) is 0 Å². The molecular weight excluding hydrogens is 230 g/mol. The highest BCUT2D eigenvalue weighted by Crippen LogP contribution is 2.21. The maximum absolute atomic E-state index is 12.3. The molecule has 0 saturated heterocycles. The van der Waals surface area contributed by atoms with Crippen molar-refractivity contribution in [2.24, 2.45) is 0 Å². The van der Waals surface area contributed by atoms with Gasteiger partial charge in [0.2, 0.25) is 4.18 Å². The quantitative estimate of drug-likeness (QED) is 0.656. The first-order valence-electron chi connectivity index (χ1n) is 2.54. The lowest BCUT2D eigenvalue weighted by molar-refractivity contribution is 0.633. The summed E-state index contributed by atoms with van der Waals surface area (Å²) < 4.78 is 12.2.